The Morgan fingerprint density at radius 3 is 2.38 bits per heavy atom. The largest absolute Gasteiger partial charge is 0.384 e. The minimum Gasteiger partial charge on any atom is -0.384 e. The number of aromatic nitrogens is 2. The molecule has 3 aromatic rings. The third kappa shape index (κ3) is 2.86. The third-order valence-electron chi connectivity index (χ3n) is 3.00. The van der Waals surface area contributed by atoms with Crippen LogP contribution in [0.25, 0.3) is 16.9 Å². The van der Waals surface area contributed by atoms with Crippen molar-refractivity contribution < 1.29 is 0 Å². The number of nitrogens with zero attached hydrogens (tertiary/aromatic N) is 2. The average molecular weight is 339 g/mol. The van der Waals surface area contributed by atoms with Crippen molar-refractivity contribution in [2.24, 2.45) is 0 Å². The molecule has 2 aromatic carbocycles. The molecule has 1 aromatic heterocycles. The van der Waals surface area contributed by atoms with Gasteiger partial charge in [0.05, 0.1) is 16.4 Å². The van der Waals surface area contributed by atoms with Gasteiger partial charge in [0.2, 0.25) is 0 Å². The number of rotatable bonds is 2. The second kappa shape index (κ2) is 5.60. The van der Waals surface area contributed by atoms with Crippen LogP contribution in [0.2, 0.25) is 15.1 Å². The molecular weight excluding hydrogens is 329 g/mol. The zero-order valence-electron chi connectivity index (χ0n) is 10.7. The van der Waals surface area contributed by atoms with Crippen LogP contribution in [0.15, 0.2) is 48.5 Å². The van der Waals surface area contributed by atoms with E-state index in [0.717, 1.165) is 11.3 Å². The van der Waals surface area contributed by atoms with E-state index in [1.54, 1.807) is 28.9 Å². The summed E-state index contributed by atoms with van der Waals surface area (Å²) in [6.45, 7) is 0. The van der Waals surface area contributed by atoms with Crippen molar-refractivity contribution in [3.8, 4) is 16.9 Å². The summed E-state index contributed by atoms with van der Waals surface area (Å²) in [4.78, 5) is 0. The molecule has 3 nitrogen and oxygen atoms in total. The van der Waals surface area contributed by atoms with Crippen LogP contribution in [0.3, 0.4) is 0 Å². The van der Waals surface area contributed by atoms with Gasteiger partial charge in [0.25, 0.3) is 0 Å². The zero-order chi connectivity index (χ0) is 15.0. The van der Waals surface area contributed by atoms with E-state index in [2.05, 4.69) is 5.10 Å². The lowest BCUT2D eigenvalue weighted by atomic mass is 10.1. The molecule has 0 aliphatic rings. The van der Waals surface area contributed by atoms with E-state index < -0.39 is 0 Å². The van der Waals surface area contributed by atoms with Gasteiger partial charge in [0.1, 0.15) is 5.82 Å². The summed E-state index contributed by atoms with van der Waals surface area (Å²) in [5.41, 5.74) is 8.31. The lowest BCUT2D eigenvalue weighted by Crippen LogP contribution is -2.02. The maximum atomic E-state index is 6.19. The predicted octanol–water partition coefficient (Wildman–Crippen LogP) is 5.08. The van der Waals surface area contributed by atoms with Gasteiger partial charge in [-0.1, -0.05) is 46.9 Å². The predicted molar refractivity (Wildman–Crippen MR) is 88.4 cm³/mol. The highest BCUT2D eigenvalue weighted by Gasteiger charge is 2.12. The summed E-state index contributed by atoms with van der Waals surface area (Å²) in [7, 11) is 0. The lowest BCUT2D eigenvalue weighted by molar-refractivity contribution is 0.895. The number of hydrogen-bond donors (Lipinski definition) is 1. The first kappa shape index (κ1) is 14.3. The number of nitrogens with two attached hydrogens (primary N) is 1. The molecule has 0 radical (unpaired) electrons. The molecule has 106 valence electrons. The fourth-order valence-corrected chi connectivity index (χ4v) is 2.71. The van der Waals surface area contributed by atoms with Crippen LogP contribution in [0.1, 0.15) is 0 Å². The molecule has 1 heterocycles. The Bertz CT molecular complexity index is 812. The maximum Gasteiger partial charge on any atom is 0.127 e. The Balaban J connectivity index is 2.10. The van der Waals surface area contributed by atoms with E-state index in [0.29, 0.717) is 26.6 Å². The van der Waals surface area contributed by atoms with Gasteiger partial charge in [-0.05, 0) is 30.3 Å². The molecule has 0 saturated carbocycles. The molecule has 0 unspecified atom stereocenters. The first-order chi connectivity index (χ1) is 10.0. The lowest BCUT2D eigenvalue weighted by Gasteiger charge is -2.06. The van der Waals surface area contributed by atoms with Gasteiger partial charge in [-0.3, -0.25) is 0 Å². The van der Waals surface area contributed by atoms with E-state index in [1.165, 1.54) is 0 Å². The van der Waals surface area contributed by atoms with Crippen molar-refractivity contribution >= 4 is 40.6 Å². The fourth-order valence-electron chi connectivity index (χ4n) is 2.03. The third-order valence-corrected chi connectivity index (χ3v) is 3.77. The minimum atomic E-state index is 0.481. The number of benzene rings is 2. The molecule has 6 heteroatoms. The molecule has 21 heavy (non-hydrogen) atoms. The van der Waals surface area contributed by atoms with Gasteiger partial charge in [-0.2, -0.15) is 5.10 Å². The van der Waals surface area contributed by atoms with Crippen LogP contribution in [0.4, 0.5) is 5.82 Å². The zero-order valence-corrected chi connectivity index (χ0v) is 13.0. The van der Waals surface area contributed by atoms with Crippen LogP contribution in [0, 0.1) is 0 Å². The van der Waals surface area contributed by atoms with Gasteiger partial charge in [0, 0.05) is 21.7 Å². The van der Waals surface area contributed by atoms with Crippen molar-refractivity contribution in [2.45, 2.75) is 0 Å². The number of hydrogen-bond acceptors (Lipinski definition) is 2. The van der Waals surface area contributed by atoms with Gasteiger partial charge in [-0.15, -0.1) is 0 Å². The quantitative estimate of drug-likeness (QED) is 0.708. The molecule has 0 atom stereocenters. The van der Waals surface area contributed by atoms with E-state index in [9.17, 15) is 0 Å². The van der Waals surface area contributed by atoms with Crippen LogP contribution in [-0.2, 0) is 0 Å². The molecule has 2 N–H and O–H groups in total. The molecule has 0 saturated heterocycles. The van der Waals surface area contributed by atoms with E-state index >= 15 is 0 Å². The van der Waals surface area contributed by atoms with Gasteiger partial charge in [-0.25, -0.2) is 4.68 Å². The molecule has 0 bridgehead atoms. The van der Waals surface area contributed by atoms with Crippen molar-refractivity contribution in [3.05, 3.63) is 63.6 Å². The molecule has 0 amide bonds. The summed E-state index contributed by atoms with van der Waals surface area (Å²) in [5, 5.41) is 6.17. The van der Waals surface area contributed by atoms with Crippen LogP contribution < -0.4 is 5.73 Å². The van der Waals surface area contributed by atoms with Crippen LogP contribution in [-0.4, -0.2) is 9.78 Å². The molecule has 0 aliphatic heterocycles. The Morgan fingerprint density at radius 1 is 0.905 bits per heavy atom. The van der Waals surface area contributed by atoms with E-state index in [-0.39, 0.29) is 0 Å². The molecule has 3 rings (SSSR count). The normalized spacial score (nSPS) is 10.8. The summed E-state index contributed by atoms with van der Waals surface area (Å²) < 4.78 is 1.58. The highest BCUT2D eigenvalue weighted by atomic mass is 35.5. The van der Waals surface area contributed by atoms with E-state index in [1.807, 2.05) is 24.3 Å². The van der Waals surface area contributed by atoms with Gasteiger partial charge < -0.3 is 5.73 Å². The second-order valence-electron chi connectivity index (χ2n) is 4.47. The smallest absolute Gasteiger partial charge is 0.127 e. The average Bonchev–Trinajstić information content (AvgIpc) is 2.81. The standard InChI is InChI=1S/C15H10Cl3N3/c16-10-3-1-2-9(6-10)13-8-15(19)21(20-13)14-5-4-11(17)7-12(14)18/h1-8H,19H2. The molecular formula is C15H10Cl3N3. The topological polar surface area (TPSA) is 43.8 Å². The summed E-state index contributed by atoms with van der Waals surface area (Å²) in [5.74, 6) is 0.481. The van der Waals surface area contributed by atoms with Crippen LogP contribution in [0.5, 0.6) is 0 Å². The van der Waals surface area contributed by atoms with Gasteiger partial charge in [0.15, 0.2) is 0 Å². The molecule has 0 spiro atoms. The minimum absolute atomic E-state index is 0.481. The number of nitrogen functional groups attached to an aromatic ring is 1. The van der Waals surface area contributed by atoms with Crippen molar-refractivity contribution in [1.29, 1.82) is 0 Å². The first-order valence-corrected chi connectivity index (χ1v) is 7.25. The summed E-state index contributed by atoms with van der Waals surface area (Å²) in [6.07, 6.45) is 0. The van der Waals surface area contributed by atoms with Crippen molar-refractivity contribution in [3.63, 3.8) is 0 Å². The maximum absolute atomic E-state index is 6.19. The van der Waals surface area contributed by atoms with Gasteiger partial charge >= 0.3 is 0 Å². The monoisotopic (exact) mass is 337 g/mol. The number of halogens is 3. The SMILES string of the molecule is Nc1cc(-c2cccc(Cl)c2)nn1-c1ccc(Cl)cc1Cl. The van der Waals surface area contributed by atoms with Crippen molar-refractivity contribution in [1.82, 2.24) is 9.78 Å². The first-order valence-electron chi connectivity index (χ1n) is 6.11. The second-order valence-corrected chi connectivity index (χ2v) is 5.75. The number of anilines is 1. The van der Waals surface area contributed by atoms with Crippen molar-refractivity contribution in [2.75, 3.05) is 5.73 Å². The Morgan fingerprint density at radius 2 is 1.67 bits per heavy atom. The van der Waals surface area contributed by atoms with E-state index in [4.69, 9.17) is 40.5 Å². The fraction of sp³-hybridized carbons (Fsp3) is 0. The Hall–Kier alpha value is -1.68. The highest BCUT2D eigenvalue weighted by Crippen LogP contribution is 2.29. The summed E-state index contributed by atoms with van der Waals surface area (Å²) >= 11 is 18.1. The molecule has 0 fully saturated rings. The molecule has 0 aliphatic carbocycles. The Kier molecular flexibility index (Phi) is 3.81. The highest BCUT2D eigenvalue weighted by molar-refractivity contribution is 6.35. The van der Waals surface area contributed by atoms with Crippen LogP contribution >= 0.6 is 34.8 Å². The Labute approximate surface area is 136 Å². The summed E-state index contributed by atoms with van der Waals surface area (Å²) in [6, 6.07) is 14.4.